The fourth-order valence-electron chi connectivity index (χ4n) is 4.05. The highest BCUT2D eigenvalue weighted by Gasteiger charge is 2.34. The number of hydrogen-bond donors (Lipinski definition) is 1. The zero-order chi connectivity index (χ0) is 23.5. The first kappa shape index (κ1) is 23.0. The standard InChI is InChI=1S/C26H30N4O2S/c1-6-7-13-30-18(4)22(23(27-26(30)33)19-12-11-16(2)17(3)14-19)25-28-24(29-32-25)20-9-8-10-21(15-20)31-5/h8-12,14-15,23H,6-7,13H2,1-5H3,(H,27,33). The number of benzene rings is 2. The van der Waals surface area contributed by atoms with E-state index in [1.807, 2.05) is 24.3 Å². The lowest BCUT2D eigenvalue weighted by Crippen LogP contribution is -2.46. The molecule has 1 aromatic heterocycles. The molecule has 2 aromatic carbocycles. The minimum atomic E-state index is -0.173. The smallest absolute Gasteiger partial charge is 0.258 e. The zero-order valence-corrected chi connectivity index (χ0v) is 20.6. The molecule has 1 aliphatic heterocycles. The highest BCUT2D eigenvalue weighted by Crippen LogP contribution is 2.38. The lowest BCUT2D eigenvalue weighted by atomic mass is 9.92. The predicted octanol–water partition coefficient (Wildman–Crippen LogP) is 5.82. The summed E-state index contributed by atoms with van der Waals surface area (Å²) >= 11 is 5.77. The van der Waals surface area contributed by atoms with Gasteiger partial charge < -0.3 is 19.5 Å². The van der Waals surface area contributed by atoms with Gasteiger partial charge in [0, 0.05) is 17.8 Å². The third-order valence-corrected chi connectivity index (χ3v) is 6.52. The van der Waals surface area contributed by atoms with Gasteiger partial charge in [-0.25, -0.2) is 0 Å². The van der Waals surface area contributed by atoms with Crippen LogP contribution < -0.4 is 10.1 Å². The van der Waals surface area contributed by atoms with Crippen LogP contribution in [0.25, 0.3) is 17.0 Å². The Morgan fingerprint density at radius 1 is 1.12 bits per heavy atom. The molecule has 0 spiro atoms. The van der Waals surface area contributed by atoms with Crippen LogP contribution in [0.4, 0.5) is 0 Å². The van der Waals surface area contributed by atoms with Crippen molar-refractivity contribution in [2.45, 2.75) is 46.6 Å². The van der Waals surface area contributed by atoms with Crippen molar-refractivity contribution in [3.8, 4) is 17.1 Å². The number of aromatic nitrogens is 2. The molecule has 1 N–H and O–H groups in total. The molecular weight excluding hydrogens is 432 g/mol. The highest BCUT2D eigenvalue weighted by molar-refractivity contribution is 7.80. The molecule has 0 radical (unpaired) electrons. The Labute approximate surface area is 200 Å². The molecule has 6 nitrogen and oxygen atoms in total. The number of methoxy groups -OCH3 is 1. The van der Waals surface area contributed by atoms with Crippen LogP contribution in [0, 0.1) is 13.8 Å². The molecule has 0 saturated heterocycles. The second-order valence-electron chi connectivity index (χ2n) is 8.39. The molecule has 1 aliphatic rings. The summed E-state index contributed by atoms with van der Waals surface area (Å²) in [6, 6.07) is 14.0. The van der Waals surface area contributed by atoms with Gasteiger partial charge in [0.25, 0.3) is 5.89 Å². The molecule has 0 amide bonds. The van der Waals surface area contributed by atoms with Gasteiger partial charge in [0.2, 0.25) is 5.82 Å². The van der Waals surface area contributed by atoms with Crippen LogP contribution in [0.1, 0.15) is 55.3 Å². The Hall–Kier alpha value is -3.19. The molecule has 4 rings (SSSR count). The lowest BCUT2D eigenvalue weighted by Gasteiger charge is -2.37. The van der Waals surface area contributed by atoms with Crippen molar-refractivity contribution >= 4 is 22.9 Å². The Balaban J connectivity index is 1.80. The zero-order valence-electron chi connectivity index (χ0n) is 19.8. The van der Waals surface area contributed by atoms with E-state index in [1.54, 1.807) is 7.11 Å². The predicted molar refractivity (Wildman–Crippen MR) is 135 cm³/mol. The Morgan fingerprint density at radius 2 is 1.94 bits per heavy atom. The largest absolute Gasteiger partial charge is 0.497 e. The molecule has 0 bridgehead atoms. The van der Waals surface area contributed by atoms with E-state index in [-0.39, 0.29) is 6.04 Å². The summed E-state index contributed by atoms with van der Waals surface area (Å²) < 4.78 is 11.2. The van der Waals surface area contributed by atoms with Crippen molar-refractivity contribution in [3.05, 3.63) is 70.7 Å². The summed E-state index contributed by atoms with van der Waals surface area (Å²) in [6.45, 7) is 9.34. The van der Waals surface area contributed by atoms with Gasteiger partial charge in [-0.2, -0.15) is 4.98 Å². The molecule has 172 valence electrons. The van der Waals surface area contributed by atoms with E-state index in [2.05, 4.69) is 61.3 Å². The van der Waals surface area contributed by atoms with Crippen molar-refractivity contribution in [1.82, 2.24) is 20.4 Å². The van der Waals surface area contributed by atoms with Crippen LogP contribution in [0.3, 0.4) is 0 Å². The van der Waals surface area contributed by atoms with E-state index >= 15 is 0 Å². The van der Waals surface area contributed by atoms with Crippen LogP contribution in [-0.4, -0.2) is 33.8 Å². The molecule has 0 fully saturated rings. The average Bonchev–Trinajstić information content (AvgIpc) is 3.30. The maximum absolute atomic E-state index is 5.83. The first-order chi connectivity index (χ1) is 15.9. The van der Waals surface area contributed by atoms with E-state index < -0.39 is 0 Å². The lowest BCUT2D eigenvalue weighted by molar-refractivity contribution is 0.395. The fraction of sp³-hybridized carbons (Fsp3) is 0.346. The first-order valence-corrected chi connectivity index (χ1v) is 11.7. The second kappa shape index (κ2) is 9.75. The third-order valence-electron chi connectivity index (χ3n) is 6.18. The van der Waals surface area contributed by atoms with Crippen LogP contribution in [0.15, 0.2) is 52.7 Å². The number of thiocarbonyl (C=S) groups is 1. The molecule has 1 unspecified atom stereocenters. The Bertz CT molecular complexity index is 1200. The minimum Gasteiger partial charge on any atom is -0.497 e. The van der Waals surface area contributed by atoms with Gasteiger partial charge in [-0.1, -0.05) is 48.8 Å². The number of ether oxygens (including phenoxy) is 1. The monoisotopic (exact) mass is 462 g/mol. The average molecular weight is 463 g/mol. The maximum atomic E-state index is 5.83. The van der Waals surface area contributed by atoms with Gasteiger partial charge in [-0.3, -0.25) is 0 Å². The topological polar surface area (TPSA) is 63.4 Å². The summed E-state index contributed by atoms with van der Waals surface area (Å²) in [6.07, 6.45) is 2.13. The van der Waals surface area contributed by atoms with Crippen LogP contribution in [0.5, 0.6) is 5.75 Å². The van der Waals surface area contributed by atoms with Gasteiger partial charge in [-0.05, 0) is 68.2 Å². The van der Waals surface area contributed by atoms with Crippen molar-refractivity contribution in [2.24, 2.45) is 0 Å². The molecule has 33 heavy (non-hydrogen) atoms. The maximum Gasteiger partial charge on any atom is 0.258 e. The van der Waals surface area contributed by atoms with Gasteiger partial charge in [0.1, 0.15) is 5.75 Å². The number of allylic oxidation sites excluding steroid dienone is 1. The number of unbranched alkanes of at least 4 members (excludes halogenated alkanes) is 1. The summed E-state index contributed by atoms with van der Waals surface area (Å²) in [5.74, 6) is 1.76. The quantitative estimate of drug-likeness (QED) is 0.444. The van der Waals surface area contributed by atoms with Gasteiger partial charge in [0.15, 0.2) is 5.11 Å². The van der Waals surface area contributed by atoms with E-state index in [0.29, 0.717) is 11.7 Å². The van der Waals surface area contributed by atoms with Crippen LogP contribution in [0.2, 0.25) is 0 Å². The molecule has 1 atom stereocenters. The fourth-order valence-corrected chi connectivity index (χ4v) is 4.40. The summed E-state index contributed by atoms with van der Waals surface area (Å²) in [5, 5.41) is 8.54. The van der Waals surface area contributed by atoms with Gasteiger partial charge >= 0.3 is 0 Å². The molecule has 0 saturated carbocycles. The van der Waals surface area contributed by atoms with Crippen LogP contribution in [-0.2, 0) is 0 Å². The van der Waals surface area contributed by atoms with E-state index in [9.17, 15) is 0 Å². The molecule has 0 aliphatic carbocycles. The summed E-state index contributed by atoms with van der Waals surface area (Å²) in [7, 11) is 1.64. The third kappa shape index (κ3) is 4.64. The highest BCUT2D eigenvalue weighted by atomic mass is 32.1. The number of rotatable bonds is 7. The summed E-state index contributed by atoms with van der Waals surface area (Å²) in [5.41, 5.74) is 6.43. The minimum absolute atomic E-state index is 0.173. The van der Waals surface area contributed by atoms with Crippen molar-refractivity contribution < 1.29 is 9.26 Å². The summed E-state index contributed by atoms with van der Waals surface area (Å²) in [4.78, 5) is 6.92. The molecule has 2 heterocycles. The van der Waals surface area contributed by atoms with E-state index in [1.165, 1.54) is 11.1 Å². The number of aryl methyl sites for hydroxylation is 2. The van der Waals surface area contributed by atoms with Crippen LogP contribution >= 0.6 is 12.2 Å². The number of hydrogen-bond acceptors (Lipinski definition) is 5. The Morgan fingerprint density at radius 3 is 2.67 bits per heavy atom. The Kier molecular flexibility index (Phi) is 6.79. The molecule has 3 aromatic rings. The van der Waals surface area contributed by atoms with E-state index in [0.717, 1.165) is 52.6 Å². The second-order valence-corrected chi connectivity index (χ2v) is 8.77. The number of nitrogens with zero attached hydrogens (tertiary/aromatic N) is 3. The van der Waals surface area contributed by atoms with Crippen molar-refractivity contribution in [2.75, 3.05) is 13.7 Å². The first-order valence-electron chi connectivity index (χ1n) is 11.3. The SMILES string of the molecule is CCCCN1C(=S)NC(c2ccc(C)c(C)c2)C(c2nc(-c3cccc(OC)c3)no2)=C1C. The van der Waals surface area contributed by atoms with Crippen molar-refractivity contribution in [1.29, 1.82) is 0 Å². The van der Waals surface area contributed by atoms with Gasteiger partial charge in [0.05, 0.1) is 18.7 Å². The van der Waals surface area contributed by atoms with E-state index in [4.69, 9.17) is 26.5 Å². The molecule has 7 heteroatoms. The number of nitrogens with one attached hydrogen (secondary N) is 1. The normalized spacial score (nSPS) is 16.2. The van der Waals surface area contributed by atoms with Gasteiger partial charge in [-0.15, -0.1) is 0 Å². The van der Waals surface area contributed by atoms with Crippen molar-refractivity contribution in [3.63, 3.8) is 0 Å². The molecular formula is C26H30N4O2S.